The predicted molar refractivity (Wildman–Crippen MR) is 127 cm³/mol. The number of carbonyl (C=O) groups excluding carboxylic acids is 1. The van der Waals surface area contributed by atoms with Crippen LogP contribution in [0, 0.1) is 0 Å². The van der Waals surface area contributed by atoms with Crippen molar-refractivity contribution in [2.75, 3.05) is 44.2 Å². The van der Waals surface area contributed by atoms with Crippen LogP contribution >= 0.6 is 0 Å². The van der Waals surface area contributed by atoms with Gasteiger partial charge in [-0.05, 0) is 24.1 Å². The number of likely N-dealkylation sites (N-methyl/N-ethyl adjacent to an activating group) is 1. The van der Waals surface area contributed by atoms with Gasteiger partial charge in [-0.3, -0.25) is 4.79 Å². The third kappa shape index (κ3) is 4.10. The highest BCUT2D eigenvalue weighted by Gasteiger charge is 2.28. The maximum absolute atomic E-state index is 13.7. The number of nitrogens with zero attached hydrogens (tertiary/aromatic N) is 5. The van der Waals surface area contributed by atoms with Crippen LogP contribution in [0.1, 0.15) is 28.4 Å². The van der Waals surface area contributed by atoms with Gasteiger partial charge in [-0.1, -0.05) is 61.5 Å². The first-order valence-corrected chi connectivity index (χ1v) is 11.5. The van der Waals surface area contributed by atoms with E-state index in [2.05, 4.69) is 39.9 Å². The number of hydrogen-bond acceptors (Lipinski definition) is 5. The Kier molecular flexibility index (Phi) is 5.86. The molecule has 0 aliphatic carbocycles. The summed E-state index contributed by atoms with van der Waals surface area (Å²) in [6.45, 7) is 8.28. The second-order valence-electron chi connectivity index (χ2n) is 8.46. The zero-order valence-corrected chi connectivity index (χ0v) is 18.6. The Balaban J connectivity index is 1.47. The minimum Gasteiger partial charge on any atom is -0.353 e. The van der Waals surface area contributed by atoms with Gasteiger partial charge in [0.15, 0.2) is 5.82 Å². The summed E-state index contributed by atoms with van der Waals surface area (Å²) in [6, 6.07) is 18.4. The normalized spacial score (nSPS) is 16.7. The van der Waals surface area contributed by atoms with Gasteiger partial charge in [0, 0.05) is 51.0 Å². The molecule has 6 nitrogen and oxygen atoms in total. The number of rotatable bonds is 4. The number of hydrogen-bond donors (Lipinski definition) is 0. The summed E-state index contributed by atoms with van der Waals surface area (Å²) in [6.07, 6.45) is 2.62. The van der Waals surface area contributed by atoms with Crippen LogP contribution in [0.2, 0.25) is 0 Å². The largest absolute Gasteiger partial charge is 0.353 e. The van der Waals surface area contributed by atoms with Crippen LogP contribution in [0.25, 0.3) is 11.4 Å². The lowest BCUT2D eigenvalue weighted by atomic mass is 9.99. The summed E-state index contributed by atoms with van der Waals surface area (Å²) in [4.78, 5) is 29.8. The van der Waals surface area contributed by atoms with Crippen molar-refractivity contribution in [1.82, 2.24) is 19.8 Å². The average molecular weight is 428 g/mol. The van der Waals surface area contributed by atoms with E-state index in [1.54, 1.807) is 6.20 Å². The summed E-state index contributed by atoms with van der Waals surface area (Å²) in [5.41, 5.74) is 4.14. The zero-order valence-electron chi connectivity index (χ0n) is 18.6. The minimum absolute atomic E-state index is 0.0204. The van der Waals surface area contributed by atoms with Crippen LogP contribution < -0.4 is 4.90 Å². The maximum atomic E-state index is 13.7. The van der Waals surface area contributed by atoms with E-state index >= 15 is 0 Å². The number of amides is 1. The lowest BCUT2D eigenvalue weighted by Gasteiger charge is -2.36. The molecule has 0 unspecified atom stereocenters. The molecule has 1 fully saturated rings. The molecule has 5 rings (SSSR count). The van der Waals surface area contributed by atoms with Crippen LogP contribution in [-0.4, -0.2) is 64.9 Å². The highest BCUT2D eigenvalue weighted by atomic mass is 16.2. The smallest absolute Gasteiger partial charge is 0.259 e. The Morgan fingerprint density at radius 1 is 0.906 bits per heavy atom. The molecule has 3 aromatic rings. The number of benzene rings is 2. The van der Waals surface area contributed by atoms with Gasteiger partial charge in [0.25, 0.3) is 5.91 Å². The Labute approximate surface area is 189 Å². The first-order valence-electron chi connectivity index (χ1n) is 11.5. The molecule has 6 heteroatoms. The Hall–Kier alpha value is -3.25. The molecule has 0 saturated carbocycles. The van der Waals surface area contributed by atoms with E-state index in [0.29, 0.717) is 17.9 Å². The SMILES string of the molecule is CCN1CCN(c2nc(-c3ccccc3)ncc2C(=O)N2CCc3ccccc3C2)CC1. The fourth-order valence-electron chi connectivity index (χ4n) is 4.61. The Bertz CT molecular complexity index is 1090. The third-order valence-electron chi connectivity index (χ3n) is 6.57. The van der Waals surface area contributed by atoms with E-state index < -0.39 is 0 Å². The van der Waals surface area contributed by atoms with Crippen molar-refractivity contribution in [1.29, 1.82) is 0 Å². The zero-order chi connectivity index (χ0) is 21.9. The molecule has 32 heavy (non-hydrogen) atoms. The summed E-state index contributed by atoms with van der Waals surface area (Å²) >= 11 is 0. The molecule has 0 bridgehead atoms. The van der Waals surface area contributed by atoms with Crippen LogP contribution in [-0.2, 0) is 13.0 Å². The van der Waals surface area contributed by atoms with Crippen LogP contribution in [0.3, 0.4) is 0 Å². The molecule has 2 aliphatic heterocycles. The number of aromatic nitrogens is 2. The summed E-state index contributed by atoms with van der Waals surface area (Å²) in [7, 11) is 0. The van der Waals surface area contributed by atoms with E-state index in [0.717, 1.165) is 57.1 Å². The van der Waals surface area contributed by atoms with Crippen molar-refractivity contribution in [3.63, 3.8) is 0 Å². The lowest BCUT2D eigenvalue weighted by molar-refractivity contribution is 0.0734. The second kappa shape index (κ2) is 9.09. The standard InChI is InChI=1S/C26H29N5O/c1-2-29-14-16-30(17-15-29)25-23(18-27-24(28-25)21-9-4-3-5-10-21)26(32)31-13-12-20-8-6-7-11-22(20)19-31/h3-11,18H,2,12-17,19H2,1H3. The fourth-order valence-corrected chi connectivity index (χ4v) is 4.61. The molecule has 0 atom stereocenters. The van der Waals surface area contributed by atoms with Gasteiger partial charge in [-0.25, -0.2) is 9.97 Å². The molecular formula is C26H29N5O. The molecule has 164 valence electrons. The molecule has 1 saturated heterocycles. The summed E-state index contributed by atoms with van der Waals surface area (Å²) < 4.78 is 0. The molecule has 0 spiro atoms. The van der Waals surface area contributed by atoms with Crippen molar-refractivity contribution >= 4 is 11.7 Å². The van der Waals surface area contributed by atoms with Gasteiger partial charge in [-0.15, -0.1) is 0 Å². The second-order valence-corrected chi connectivity index (χ2v) is 8.46. The number of fused-ring (bicyclic) bond motifs is 1. The maximum Gasteiger partial charge on any atom is 0.259 e. The van der Waals surface area contributed by atoms with E-state index in [4.69, 9.17) is 4.98 Å². The molecule has 1 amide bonds. The van der Waals surface area contributed by atoms with Crippen molar-refractivity contribution in [2.24, 2.45) is 0 Å². The molecule has 1 aromatic heterocycles. The highest BCUT2D eigenvalue weighted by Crippen LogP contribution is 2.27. The first-order chi connectivity index (χ1) is 15.7. The topological polar surface area (TPSA) is 52.6 Å². The highest BCUT2D eigenvalue weighted by molar-refractivity contribution is 5.99. The van der Waals surface area contributed by atoms with Crippen molar-refractivity contribution < 1.29 is 4.79 Å². The van der Waals surface area contributed by atoms with E-state index in [1.165, 1.54) is 11.1 Å². The molecule has 3 heterocycles. The monoisotopic (exact) mass is 427 g/mol. The van der Waals surface area contributed by atoms with Crippen LogP contribution in [0.15, 0.2) is 60.8 Å². The van der Waals surface area contributed by atoms with E-state index in [9.17, 15) is 4.79 Å². The average Bonchev–Trinajstić information content (AvgIpc) is 2.88. The van der Waals surface area contributed by atoms with Gasteiger partial charge < -0.3 is 14.7 Å². The van der Waals surface area contributed by atoms with Crippen LogP contribution in [0.4, 0.5) is 5.82 Å². The Morgan fingerprint density at radius 3 is 2.38 bits per heavy atom. The molecule has 2 aromatic carbocycles. The third-order valence-corrected chi connectivity index (χ3v) is 6.57. The summed E-state index contributed by atoms with van der Waals surface area (Å²) in [5.74, 6) is 1.45. The molecule has 0 radical (unpaired) electrons. The number of piperazine rings is 1. The van der Waals surface area contributed by atoms with Crippen molar-refractivity contribution in [3.05, 3.63) is 77.5 Å². The molecular weight excluding hydrogens is 398 g/mol. The molecule has 2 aliphatic rings. The van der Waals surface area contributed by atoms with Gasteiger partial charge in [0.1, 0.15) is 11.4 Å². The van der Waals surface area contributed by atoms with Gasteiger partial charge in [0.2, 0.25) is 0 Å². The summed E-state index contributed by atoms with van der Waals surface area (Å²) in [5, 5.41) is 0. The molecule has 0 N–H and O–H groups in total. The lowest BCUT2D eigenvalue weighted by Crippen LogP contribution is -2.47. The number of carbonyl (C=O) groups is 1. The number of anilines is 1. The van der Waals surface area contributed by atoms with Gasteiger partial charge >= 0.3 is 0 Å². The van der Waals surface area contributed by atoms with Crippen molar-refractivity contribution in [3.8, 4) is 11.4 Å². The van der Waals surface area contributed by atoms with Crippen LogP contribution in [0.5, 0.6) is 0 Å². The quantitative estimate of drug-likeness (QED) is 0.638. The first kappa shape index (κ1) is 20.6. The fraction of sp³-hybridized carbons (Fsp3) is 0.346. The minimum atomic E-state index is 0.0204. The van der Waals surface area contributed by atoms with Gasteiger partial charge in [0.05, 0.1) is 0 Å². The van der Waals surface area contributed by atoms with E-state index in [1.807, 2.05) is 41.3 Å². The Morgan fingerprint density at radius 2 is 1.62 bits per heavy atom. The van der Waals surface area contributed by atoms with Gasteiger partial charge in [-0.2, -0.15) is 0 Å². The van der Waals surface area contributed by atoms with Crippen molar-refractivity contribution in [2.45, 2.75) is 19.9 Å². The van der Waals surface area contributed by atoms with E-state index in [-0.39, 0.29) is 5.91 Å². The predicted octanol–water partition coefficient (Wildman–Crippen LogP) is 3.48.